The average molecular weight is 359 g/mol. The first-order chi connectivity index (χ1) is 12.6. The molecular weight excluding hydrogens is 344 g/mol. The van der Waals surface area contributed by atoms with Gasteiger partial charge in [0, 0.05) is 23.8 Å². The van der Waals surface area contributed by atoms with Gasteiger partial charge in [0.15, 0.2) is 5.69 Å². The SMILES string of the molecule is CCOC(=O)c1n[nH]nc1-c1ccccc1COc1cc(F)cc(F)c1. The molecule has 0 unspecified atom stereocenters. The Kier molecular flexibility index (Phi) is 5.21. The van der Waals surface area contributed by atoms with Gasteiger partial charge in [-0.1, -0.05) is 24.3 Å². The number of aromatic amines is 1. The topological polar surface area (TPSA) is 77.1 Å². The van der Waals surface area contributed by atoms with E-state index in [1.807, 2.05) is 0 Å². The molecule has 1 aromatic heterocycles. The van der Waals surface area contributed by atoms with Gasteiger partial charge in [-0.25, -0.2) is 13.6 Å². The van der Waals surface area contributed by atoms with Crippen LogP contribution in [0, 0.1) is 11.6 Å². The van der Waals surface area contributed by atoms with Crippen molar-refractivity contribution >= 4 is 5.97 Å². The molecule has 0 atom stereocenters. The van der Waals surface area contributed by atoms with E-state index in [-0.39, 0.29) is 24.7 Å². The lowest BCUT2D eigenvalue weighted by Crippen LogP contribution is -2.07. The molecule has 0 aliphatic rings. The molecule has 3 aromatic rings. The van der Waals surface area contributed by atoms with E-state index in [4.69, 9.17) is 9.47 Å². The van der Waals surface area contributed by atoms with E-state index < -0.39 is 17.6 Å². The number of hydrogen-bond donors (Lipinski definition) is 1. The zero-order valence-electron chi connectivity index (χ0n) is 13.8. The van der Waals surface area contributed by atoms with Crippen molar-refractivity contribution in [1.29, 1.82) is 0 Å². The maximum atomic E-state index is 13.3. The van der Waals surface area contributed by atoms with E-state index in [2.05, 4.69) is 15.4 Å². The second kappa shape index (κ2) is 7.73. The Morgan fingerprint density at radius 1 is 1.12 bits per heavy atom. The molecule has 0 saturated carbocycles. The summed E-state index contributed by atoms with van der Waals surface area (Å²) in [4.78, 5) is 12.0. The average Bonchev–Trinajstić information content (AvgIpc) is 3.09. The van der Waals surface area contributed by atoms with Crippen molar-refractivity contribution in [3.63, 3.8) is 0 Å². The summed E-state index contributed by atoms with van der Waals surface area (Å²) in [6.45, 7) is 1.92. The normalized spacial score (nSPS) is 10.6. The summed E-state index contributed by atoms with van der Waals surface area (Å²) in [5, 5.41) is 10.3. The summed E-state index contributed by atoms with van der Waals surface area (Å²) in [7, 11) is 0. The zero-order chi connectivity index (χ0) is 18.5. The molecule has 134 valence electrons. The number of nitrogens with one attached hydrogen (secondary N) is 1. The maximum Gasteiger partial charge on any atom is 0.361 e. The van der Waals surface area contributed by atoms with Crippen LogP contribution in [0.25, 0.3) is 11.3 Å². The van der Waals surface area contributed by atoms with Crippen LogP contribution >= 0.6 is 0 Å². The highest BCUT2D eigenvalue weighted by atomic mass is 19.1. The van der Waals surface area contributed by atoms with Crippen LogP contribution in [0.1, 0.15) is 23.0 Å². The van der Waals surface area contributed by atoms with Gasteiger partial charge in [-0.3, -0.25) is 0 Å². The van der Waals surface area contributed by atoms with E-state index in [0.717, 1.165) is 18.2 Å². The van der Waals surface area contributed by atoms with Crippen molar-refractivity contribution in [2.24, 2.45) is 0 Å². The molecule has 0 aliphatic carbocycles. The first-order valence-corrected chi connectivity index (χ1v) is 7.83. The molecule has 0 bridgehead atoms. The second-order valence-corrected chi connectivity index (χ2v) is 5.29. The third kappa shape index (κ3) is 3.85. The summed E-state index contributed by atoms with van der Waals surface area (Å²) < 4.78 is 37.0. The molecule has 8 heteroatoms. The molecule has 0 radical (unpaired) electrons. The summed E-state index contributed by atoms with van der Waals surface area (Å²) in [6, 6.07) is 9.99. The number of nitrogens with zero attached hydrogens (tertiary/aromatic N) is 2. The number of H-pyrrole nitrogens is 1. The van der Waals surface area contributed by atoms with Crippen molar-refractivity contribution in [3.05, 3.63) is 65.4 Å². The Balaban J connectivity index is 1.87. The Bertz CT molecular complexity index is 907. The Morgan fingerprint density at radius 2 is 1.85 bits per heavy atom. The molecule has 3 rings (SSSR count). The Labute approximate surface area is 147 Å². The number of carbonyl (C=O) groups excluding carboxylic acids is 1. The molecule has 1 N–H and O–H groups in total. The molecule has 0 saturated heterocycles. The van der Waals surface area contributed by atoms with Gasteiger partial charge in [0.1, 0.15) is 29.7 Å². The fraction of sp³-hybridized carbons (Fsp3) is 0.167. The molecule has 6 nitrogen and oxygen atoms in total. The molecule has 0 amide bonds. The third-order valence-corrected chi connectivity index (χ3v) is 3.52. The molecule has 0 spiro atoms. The van der Waals surface area contributed by atoms with Gasteiger partial charge >= 0.3 is 5.97 Å². The van der Waals surface area contributed by atoms with Crippen LogP contribution in [0.4, 0.5) is 8.78 Å². The summed E-state index contributed by atoms with van der Waals surface area (Å²) >= 11 is 0. The number of halogens is 2. The molecular formula is C18H15F2N3O3. The predicted molar refractivity (Wildman–Crippen MR) is 88.5 cm³/mol. The highest BCUT2D eigenvalue weighted by Gasteiger charge is 2.21. The van der Waals surface area contributed by atoms with Gasteiger partial charge in [0.2, 0.25) is 0 Å². The van der Waals surface area contributed by atoms with Crippen molar-refractivity contribution < 1.29 is 23.0 Å². The number of carbonyl (C=O) groups is 1. The highest BCUT2D eigenvalue weighted by Crippen LogP contribution is 2.26. The number of ether oxygens (including phenoxy) is 2. The van der Waals surface area contributed by atoms with Crippen LogP contribution < -0.4 is 4.74 Å². The van der Waals surface area contributed by atoms with Gasteiger partial charge in [-0.05, 0) is 12.5 Å². The van der Waals surface area contributed by atoms with Crippen molar-refractivity contribution in [2.45, 2.75) is 13.5 Å². The summed E-state index contributed by atoms with van der Waals surface area (Å²) in [6.07, 6.45) is 0. The number of hydrogen-bond acceptors (Lipinski definition) is 5. The first kappa shape index (κ1) is 17.5. The highest BCUT2D eigenvalue weighted by molar-refractivity contribution is 5.94. The minimum absolute atomic E-state index is 0.0220. The van der Waals surface area contributed by atoms with E-state index in [1.165, 1.54) is 0 Å². The van der Waals surface area contributed by atoms with Gasteiger partial charge in [-0.2, -0.15) is 10.3 Å². The molecule has 0 aliphatic heterocycles. The van der Waals surface area contributed by atoms with Crippen molar-refractivity contribution in [2.75, 3.05) is 6.61 Å². The van der Waals surface area contributed by atoms with Crippen LogP contribution in [0.2, 0.25) is 0 Å². The van der Waals surface area contributed by atoms with Crippen LogP contribution in [-0.2, 0) is 11.3 Å². The van der Waals surface area contributed by atoms with Crippen molar-refractivity contribution in [3.8, 4) is 17.0 Å². The minimum atomic E-state index is -0.727. The smallest absolute Gasteiger partial charge is 0.361 e. The molecule has 0 fully saturated rings. The van der Waals surface area contributed by atoms with E-state index >= 15 is 0 Å². The number of benzene rings is 2. The fourth-order valence-corrected chi connectivity index (χ4v) is 2.41. The molecule has 26 heavy (non-hydrogen) atoms. The largest absolute Gasteiger partial charge is 0.489 e. The third-order valence-electron chi connectivity index (χ3n) is 3.52. The summed E-state index contributed by atoms with van der Waals surface area (Å²) in [5.41, 5.74) is 1.63. The van der Waals surface area contributed by atoms with Crippen LogP contribution in [0.3, 0.4) is 0 Å². The monoisotopic (exact) mass is 359 g/mol. The number of esters is 1. The zero-order valence-corrected chi connectivity index (χ0v) is 13.8. The van der Waals surface area contributed by atoms with Gasteiger partial charge in [0.25, 0.3) is 0 Å². The standard InChI is InChI=1S/C18H15F2N3O3/c1-2-25-18(24)17-16(21-23-22-17)15-6-4-3-5-11(15)10-26-14-8-12(19)7-13(20)9-14/h3-9H,2,10H2,1H3,(H,21,22,23). The molecule has 1 heterocycles. The maximum absolute atomic E-state index is 13.3. The number of rotatable bonds is 6. The van der Waals surface area contributed by atoms with E-state index in [0.29, 0.717) is 16.8 Å². The van der Waals surface area contributed by atoms with Gasteiger partial charge in [-0.15, -0.1) is 5.10 Å². The Hall–Kier alpha value is -3.29. The van der Waals surface area contributed by atoms with E-state index in [1.54, 1.807) is 31.2 Å². The van der Waals surface area contributed by atoms with Gasteiger partial charge < -0.3 is 9.47 Å². The molecule has 2 aromatic carbocycles. The van der Waals surface area contributed by atoms with Crippen LogP contribution in [0.15, 0.2) is 42.5 Å². The number of aromatic nitrogens is 3. The van der Waals surface area contributed by atoms with Gasteiger partial charge in [0.05, 0.1) is 6.61 Å². The van der Waals surface area contributed by atoms with Crippen LogP contribution in [0.5, 0.6) is 5.75 Å². The quantitative estimate of drug-likeness (QED) is 0.682. The predicted octanol–water partition coefficient (Wildman–Crippen LogP) is 3.51. The lowest BCUT2D eigenvalue weighted by atomic mass is 10.0. The lowest BCUT2D eigenvalue weighted by molar-refractivity contribution is 0.0520. The lowest BCUT2D eigenvalue weighted by Gasteiger charge is -2.10. The Morgan fingerprint density at radius 3 is 2.58 bits per heavy atom. The minimum Gasteiger partial charge on any atom is -0.489 e. The second-order valence-electron chi connectivity index (χ2n) is 5.29. The van der Waals surface area contributed by atoms with E-state index in [9.17, 15) is 13.6 Å². The fourth-order valence-electron chi connectivity index (χ4n) is 2.41. The van der Waals surface area contributed by atoms with Crippen molar-refractivity contribution in [1.82, 2.24) is 15.4 Å². The summed E-state index contributed by atoms with van der Waals surface area (Å²) in [5.74, 6) is -1.99. The van der Waals surface area contributed by atoms with Crippen LogP contribution in [-0.4, -0.2) is 28.0 Å². The first-order valence-electron chi connectivity index (χ1n) is 7.83.